The minimum atomic E-state index is -0.222. The topological polar surface area (TPSA) is 29.5 Å². The summed E-state index contributed by atoms with van der Waals surface area (Å²) in [5, 5.41) is 9.27. The fourth-order valence-electron chi connectivity index (χ4n) is 1.71. The van der Waals surface area contributed by atoms with Crippen molar-refractivity contribution in [2.24, 2.45) is 5.92 Å². The summed E-state index contributed by atoms with van der Waals surface area (Å²) in [6.45, 7) is 3.67. The van der Waals surface area contributed by atoms with E-state index in [0.29, 0.717) is 6.61 Å². The van der Waals surface area contributed by atoms with Gasteiger partial charge in [0.1, 0.15) is 5.82 Å². The van der Waals surface area contributed by atoms with Crippen molar-refractivity contribution in [3.05, 3.63) is 35.6 Å². The second-order valence-corrected chi connectivity index (χ2v) is 4.28. The molecule has 1 atom stereocenters. The molecule has 96 valence electrons. The van der Waals surface area contributed by atoms with Crippen molar-refractivity contribution >= 4 is 0 Å². The number of aliphatic hydroxyl groups is 1. The predicted octanol–water partition coefficient (Wildman–Crippen LogP) is 2.79. The molecule has 1 N–H and O–H groups in total. The molecule has 0 aliphatic heterocycles. The summed E-state index contributed by atoms with van der Waals surface area (Å²) in [7, 11) is 0. The minimum Gasteiger partial charge on any atom is -0.396 e. The molecule has 0 bridgehead atoms. The largest absolute Gasteiger partial charge is 0.396 e. The van der Waals surface area contributed by atoms with Gasteiger partial charge in [-0.2, -0.15) is 0 Å². The molecule has 3 heteroatoms. The highest BCUT2D eigenvalue weighted by Crippen LogP contribution is 2.13. The van der Waals surface area contributed by atoms with E-state index in [1.807, 2.05) is 0 Å². The van der Waals surface area contributed by atoms with Gasteiger partial charge in [-0.25, -0.2) is 4.39 Å². The summed E-state index contributed by atoms with van der Waals surface area (Å²) >= 11 is 0. The van der Waals surface area contributed by atoms with E-state index >= 15 is 0 Å². The predicted molar refractivity (Wildman–Crippen MR) is 66.4 cm³/mol. The van der Waals surface area contributed by atoms with Gasteiger partial charge in [-0.15, -0.1) is 0 Å². The van der Waals surface area contributed by atoms with Gasteiger partial charge in [-0.05, 0) is 42.9 Å². The van der Waals surface area contributed by atoms with Crippen LogP contribution in [0.4, 0.5) is 4.39 Å². The van der Waals surface area contributed by atoms with Crippen LogP contribution in [-0.2, 0) is 11.2 Å². The van der Waals surface area contributed by atoms with Crippen molar-refractivity contribution in [2.45, 2.75) is 26.2 Å². The SMILES string of the molecule is CCCOCCC(CO)Cc1ccc(F)cc1. The van der Waals surface area contributed by atoms with Crippen LogP contribution in [-0.4, -0.2) is 24.9 Å². The highest BCUT2D eigenvalue weighted by Gasteiger charge is 2.08. The maximum absolute atomic E-state index is 12.7. The molecular formula is C14H21FO2. The van der Waals surface area contributed by atoms with Crippen LogP contribution in [0.15, 0.2) is 24.3 Å². The Morgan fingerprint density at radius 1 is 1.24 bits per heavy atom. The van der Waals surface area contributed by atoms with Crippen molar-refractivity contribution < 1.29 is 14.2 Å². The van der Waals surface area contributed by atoms with E-state index in [1.54, 1.807) is 12.1 Å². The standard InChI is InChI=1S/C14H21FO2/c1-2-8-17-9-7-13(11-16)10-12-3-5-14(15)6-4-12/h3-6,13,16H,2,7-11H2,1H3. The Morgan fingerprint density at radius 3 is 2.53 bits per heavy atom. The van der Waals surface area contributed by atoms with Gasteiger partial charge in [-0.3, -0.25) is 0 Å². The highest BCUT2D eigenvalue weighted by atomic mass is 19.1. The lowest BCUT2D eigenvalue weighted by Gasteiger charge is -2.14. The van der Waals surface area contributed by atoms with Gasteiger partial charge in [0.2, 0.25) is 0 Å². The van der Waals surface area contributed by atoms with Gasteiger partial charge in [0.15, 0.2) is 0 Å². The maximum atomic E-state index is 12.7. The monoisotopic (exact) mass is 240 g/mol. The van der Waals surface area contributed by atoms with Gasteiger partial charge in [0.05, 0.1) is 0 Å². The molecule has 1 unspecified atom stereocenters. The average molecular weight is 240 g/mol. The molecule has 17 heavy (non-hydrogen) atoms. The lowest BCUT2D eigenvalue weighted by molar-refractivity contribution is 0.106. The molecule has 0 aliphatic carbocycles. The van der Waals surface area contributed by atoms with Crippen molar-refractivity contribution in [3.8, 4) is 0 Å². The highest BCUT2D eigenvalue weighted by molar-refractivity contribution is 5.16. The van der Waals surface area contributed by atoms with Crippen molar-refractivity contribution in [1.82, 2.24) is 0 Å². The molecule has 0 aromatic heterocycles. The Hall–Kier alpha value is -0.930. The quantitative estimate of drug-likeness (QED) is 0.708. The molecule has 1 rings (SSSR count). The van der Waals surface area contributed by atoms with Crippen LogP contribution in [0.1, 0.15) is 25.3 Å². The van der Waals surface area contributed by atoms with Crippen LogP contribution in [0.3, 0.4) is 0 Å². The fraction of sp³-hybridized carbons (Fsp3) is 0.571. The van der Waals surface area contributed by atoms with Gasteiger partial charge >= 0.3 is 0 Å². The molecular weight excluding hydrogens is 219 g/mol. The molecule has 0 amide bonds. The Balaban J connectivity index is 2.33. The van der Waals surface area contributed by atoms with Crippen LogP contribution >= 0.6 is 0 Å². The van der Waals surface area contributed by atoms with Crippen molar-refractivity contribution in [2.75, 3.05) is 19.8 Å². The van der Waals surface area contributed by atoms with Crippen LogP contribution < -0.4 is 0 Å². The van der Waals surface area contributed by atoms with Crippen LogP contribution in [0.5, 0.6) is 0 Å². The summed E-state index contributed by atoms with van der Waals surface area (Å²) in [6.07, 6.45) is 2.63. The van der Waals surface area contributed by atoms with Crippen LogP contribution in [0.25, 0.3) is 0 Å². The Morgan fingerprint density at radius 2 is 1.94 bits per heavy atom. The number of benzene rings is 1. The Bertz CT molecular complexity index is 298. The smallest absolute Gasteiger partial charge is 0.123 e. The first kappa shape index (κ1) is 14.1. The molecule has 0 spiro atoms. The first-order valence-corrected chi connectivity index (χ1v) is 6.19. The van der Waals surface area contributed by atoms with E-state index < -0.39 is 0 Å². The normalized spacial score (nSPS) is 12.6. The van der Waals surface area contributed by atoms with E-state index in [2.05, 4.69) is 6.92 Å². The van der Waals surface area contributed by atoms with Crippen molar-refractivity contribution in [3.63, 3.8) is 0 Å². The molecule has 0 radical (unpaired) electrons. The summed E-state index contributed by atoms with van der Waals surface area (Å²) in [5.74, 6) is -0.0297. The zero-order chi connectivity index (χ0) is 12.5. The van der Waals surface area contributed by atoms with E-state index in [-0.39, 0.29) is 18.3 Å². The fourth-order valence-corrected chi connectivity index (χ4v) is 1.71. The molecule has 2 nitrogen and oxygen atoms in total. The number of rotatable bonds is 8. The molecule has 0 fully saturated rings. The third-order valence-electron chi connectivity index (χ3n) is 2.71. The van der Waals surface area contributed by atoms with E-state index in [0.717, 1.165) is 31.4 Å². The van der Waals surface area contributed by atoms with Crippen LogP contribution in [0, 0.1) is 11.7 Å². The average Bonchev–Trinajstić information content (AvgIpc) is 2.35. The zero-order valence-electron chi connectivity index (χ0n) is 10.4. The second-order valence-electron chi connectivity index (χ2n) is 4.28. The number of halogens is 1. The van der Waals surface area contributed by atoms with Gasteiger partial charge in [0, 0.05) is 19.8 Å². The third-order valence-corrected chi connectivity index (χ3v) is 2.71. The Labute approximate surface area is 102 Å². The van der Waals surface area contributed by atoms with Crippen molar-refractivity contribution in [1.29, 1.82) is 0 Å². The minimum absolute atomic E-state index is 0.146. The van der Waals surface area contributed by atoms with E-state index in [1.165, 1.54) is 12.1 Å². The number of ether oxygens (including phenoxy) is 1. The van der Waals surface area contributed by atoms with Gasteiger partial charge in [-0.1, -0.05) is 19.1 Å². The summed E-state index contributed by atoms with van der Waals surface area (Å²) in [5.41, 5.74) is 1.06. The summed E-state index contributed by atoms with van der Waals surface area (Å²) in [4.78, 5) is 0. The number of hydrogen-bond donors (Lipinski definition) is 1. The number of hydrogen-bond acceptors (Lipinski definition) is 2. The summed E-state index contributed by atoms with van der Waals surface area (Å²) < 4.78 is 18.1. The lowest BCUT2D eigenvalue weighted by Crippen LogP contribution is -2.13. The summed E-state index contributed by atoms with van der Waals surface area (Å²) in [6, 6.07) is 6.45. The zero-order valence-corrected chi connectivity index (χ0v) is 10.4. The molecule has 0 saturated carbocycles. The Kier molecular flexibility index (Phi) is 6.82. The first-order chi connectivity index (χ1) is 8.26. The first-order valence-electron chi connectivity index (χ1n) is 6.19. The molecule has 0 saturated heterocycles. The van der Waals surface area contributed by atoms with Crippen LogP contribution in [0.2, 0.25) is 0 Å². The lowest BCUT2D eigenvalue weighted by atomic mass is 9.97. The van der Waals surface area contributed by atoms with E-state index in [4.69, 9.17) is 4.74 Å². The maximum Gasteiger partial charge on any atom is 0.123 e. The third kappa shape index (κ3) is 5.80. The number of aliphatic hydroxyl groups excluding tert-OH is 1. The van der Waals surface area contributed by atoms with Gasteiger partial charge in [0.25, 0.3) is 0 Å². The second kappa shape index (κ2) is 8.20. The van der Waals surface area contributed by atoms with E-state index in [9.17, 15) is 9.50 Å². The molecule has 1 aromatic rings. The van der Waals surface area contributed by atoms with Gasteiger partial charge < -0.3 is 9.84 Å². The molecule has 0 heterocycles. The molecule has 1 aromatic carbocycles. The molecule has 0 aliphatic rings.